The van der Waals surface area contributed by atoms with Crippen molar-refractivity contribution in [3.63, 3.8) is 0 Å². The van der Waals surface area contributed by atoms with Crippen molar-refractivity contribution in [2.45, 2.75) is 82.0 Å². The molecule has 0 spiro atoms. The molecular formula is C39H45ClN8O4. The number of hydrogen-bond acceptors (Lipinski definition) is 10. The van der Waals surface area contributed by atoms with Gasteiger partial charge in [0.1, 0.15) is 11.8 Å². The number of hydrogen-bond donors (Lipinski definition) is 2. The van der Waals surface area contributed by atoms with Crippen LogP contribution in [0.15, 0.2) is 54.6 Å². The first-order valence-corrected chi connectivity index (χ1v) is 18.8. The number of nitrogens with one attached hydrogen (secondary N) is 2. The molecule has 3 aliphatic heterocycles. The Kier molecular flexibility index (Phi) is 11.3. The minimum atomic E-state index is -0.265. The van der Waals surface area contributed by atoms with Crippen LogP contribution < -0.4 is 20.3 Å². The molecule has 1 aliphatic carbocycles. The summed E-state index contributed by atoms with van der Waals surface area (Å²) in [7, 11) is 0. The smallest absolute Gasteiger partial charge is 0.272 e. The molecule has 1 unspecified atom stereocenters. The Bertz CT molecular complexity index is 1790. The van der Waals surface area contributed by atoms with Gasteiger partial charge in [-0.2, -0.15) is 5.26 Å². The number of rotatable bonds is 9. The summed E-state index contributed by atoms with van der Waals surface area (Å²) in [4.78, 5) is 44.6. The highest BCUT2D eigenvalue weighted by Crippen LogP contribution is 2.30. The summed E-state index contributed by atoms with van der Waals surface area (Å²) in [6.45, 7) is 6.56. The molecule has 0 bridgehead atoms. The molecule has 2 aromatic carbocycles. The van der Waals surface area contributed by atoms with E-state index in [2.05, 4.69) is 47.7 Å². The minimum absolute atomic E-state index is 0.0339. The van der Waals surface area contributed by atoms with Crippen molar-refractivity contribution in [2.75, 3.05) is 44.2 Å². The number of piperidine rings is 2. The van der Waals surface area contributed by atoms with Crippen molar-refractivity contribution >= 4 is 35.1 Å². The maximum absolute atomic E-state index is 13.0. The SMILES string of the molecule is N#Cc1ccc(OC2CCC(NC(=O)c3ccc(N4CCC(N5CCN(Cc6ccccc6C6CCC(=O)NC6=O)CC5)CC4)nn3)CC2)cc1Cl. The number of carbonyl (C=O) groups excluding carboxylic acids is 3. The summed E-state index contributed by atoms with van der Waals surface area (Å²) in [5, 5.41) is 23.8. The van der Waals surface area contributed by atoms with Crippen LogP contribution in [0.4, 0.5) is 5.82 Å². The number of amides is 3. The molecule has 4 heterocycles. The Morgan fingerprint density at radius 1 is 0.923 bits per heavy atom. The fourth-order valence-electron chi connectivity index (χ4n) is 8.05. The number of anilines is 1. The summed E-state index contributed by atoms with van der Waals surface area (Å²) in [5.41, 5.74) is 2.95. The zero-order valence-electron chi connectivity index (χ0n) is 29.3. The predicted octanol–water partition coefficient (Wildman–Crippen LogP) is 4.43. The van der Waals surface area contributed by atoms with Crippen LogP contribution >= 0.6 is 11.6 Å². The van der Waals surface area contributed by atoms with E-state index in [-0.39, 0.29) is 35.8 Å². The van der Waals surface area contributed by atoms with E-state index in [1.807, 2.05) is 24.3 Å². The Morgan fingerprint density at radius 3 is 2.38 bits per heavy atom. The molecule has 1 atom stereocenters. The normalized spacial score (nSPS) is 23.5. The van der Waals surface area contributed by atoms with Gasteiger partial charge >= 0.3 is 0 Å². The Labute approximate surface area is 309 Å². The number of benzene rings is 2. The number of piperazine rings is 1. The molecule has 4 fully saturated rings. The van der Waals surface area contributed by atoms with Crippen molar-refractivity contribution in [1.29, 1.82) is 5.26 Å². The topological polar surface area (TPSA) is 144 Å². The van der Waals surface area contributed by atoms with E-state index in [9.17, 15) is 14.4 Å². The maximum Gasteiger partial charge on any atom is 0.272 e. The van der Waals surface area contributed by atoms with Gasteiger partial charge in [0.05, 0.1) is 22.6 Å². The fourth-order valence-corrected chi connectivity index (χ4v) is 8.26. The minimum Gasteiger partial charge on any atom is -0.490 e. The van der Waals surface area contributed by atoms with Gasteiger partial charge in [0.2, 0.25) is 11.8 Å². The van der Waals surface area contributed by atoms with Gasteiger partial charge in [-0.3, -0.25) is 29.5 Å². The van der Waals surface area contributed by atoms with E-state index in [4.69, 9.17) is 21.6 Å². The van der Waals surface area contributed by atoms with E-state index in [0.717, 1.165) is 95.7 Å². The van der Waals surface area contributed by atoms with Crippen LogP contribution in [0, 0.1) is 11.3 Å². The summed E-state index contributed by atoms with van der Waals surface area (Å²) in [5.74, 6) is 0.614. The monoisotopic (exact) mass is 724 g/mol. The molecular weight excluding hydrogens is 680 g/mol. The van der Waals surface area contributed by atoms with Crippen molar-refractivity contribution in [3.05, 3.63) is 82.0 Å². The van der Waals surface area contributed by atoms with Gasteiger partial charge in [-0.15, -0.1) is 10.2 Å². The second kappa shape index (κ2) is 16.4. The average molecular weight is 725 g/mol. The molecule has 272 valence electrons. The summed E-state index contributed by atoms with van der Waals surface area (Å²) >= 11 is 6.14. The van der Waals surface area contributed by atoms with E-state index < -0.39 is 0 Å². The third kappa shape index (κ3) is 8.55. The van der Waals surface area contributed by atoms with Crippen LogP contribution in [0.1, 0.15) is 84.5 Å². The van der Waals surface area contributed by atoms with Crippen molar-refractivity contribution < 1.29 is 19.1 Å². The van der Waals surface area contributed by atoms with Crippen LogP contribution in [0.3, 0.4) is 0 Å². The molecule has 1 saturated carbocycles. The number of aromatic nitrogens is 2. The van der Waals surface area contributed by atoms with Crippen molar-refractivity contribution in [3.8, 4) is 11.8 Å². The molecule has 52 heavy (non-hydrogen) atoms. The highest BCUT2D eigenvalue weighted by Gasteiger charge is 2.32. The molecule has 0 radical (unpaired) electrons. The third-order valence-electron chi connectivity index (χ3n) is 11.0. The first-order valence-electron chi connectivity index (χ1n) is 18.5. The highest BCUT2D eigenvalue weighted by molar-refractivity contribution is 6.31. The number of nitrogens with zero attached hydrogens (tertiary/aromatic N) is 6. The van der Waals surface area contributed by atoms with Gasteiger partial charge in [0, 0.05) is 70.4 Å². The van der Waals surface area contributed by atoms with Gasteiger partial charge in [-0.05, 0) is 80.3 Å². The summed E-state index contributed by atoms with van der Waals surface area (Å²) < 4.78 is 6.08. The van der Waals surface area contributed by atoms with E-state index in [1.165, 1.54) is 5.56 Å². The van der Waals surface area contributed by atoms with Crippen LogP contribution in [-0.2, 0) is 16.1 Å². The molecule has 3 saturated heterocycles. The number of halogens is 1. The second-order valence-corrected chi connectivity index (χ2v) is 14.7. The lowest BCUT2D eigenvalue weighted by Crippen LogP contribution is -2.53. The van der Waals surface area contributed by atoms with Crippen LogP contribution in [-0.4, -0.2) is 95.2 Å². The van der Waals surface area contributed by atoms with E-state index >= 15 is 0 Å². The number of carbonyl (C=O) groups is 3. The maximum atomic E-state index is 13.0. The van der Waals surface area contributed by atoms with Gasteiger partial charge in [0.25, 0.3) is 5.91 Å². The lowest BCUT2D eigenvalue weighted by molar-refractivity contribution is -0.134. The Hall–Kier alpha value is -4.57. The lowest BCUT2D eigenvalue weighted by atomic mass is 9.87. The zero-order chi connectivity index (χ0) is 36.0. The van der Waals surface area contributed by atoms with Crippen molar-refractivity contribution in [2.24, 2.45) is 0 Å². The summed E-state index contributed by atoms with van der Waals surface area (Å²) in [6, 6.07) is 19.6. The van der Waals surface area contributed by atoms with Gasteiger partial charge in [-0.25, -0.2) is 0 Å². The molecule has 12 nitrogen and oxygen atoms in total. The predicted molar refractivity (Wildman–Crippen MR) is 196 cm³/mol. The highest BCUT2D eigenvalue weighted by atomic mass is 35.5. The van der Waals surface area contributed by atoms with Gasteiger partial charge in [0.15, 0.2) is 11.5 Å². The summed E-state index contributed by atoms with van der Waals surface area (Å²) in [6.07, 6.45) is 6.30. The molecule has 4 aliphatic rings. The standard InChI is InChI=1S/C39H45ClN8O4/c40-34-23-31(8-5-26(34)24-41)52-30-9-6-28(7-10-30)42-39(51)35-12-13-36(45-44-35)48-17-15-29(16-18-48)47-21-19-46(20-22-47)25-27-3-1-2-4-32(27)33-11-14-37(49)43-38(33)50/h1-5,8,12-13,23,28-30,33H,6-7,9-11,14-22,25H2,(H,42,51)(H,43,49,50). The van der Waals surface area contributed by atoms with Crippen molar-refractivity contribution in [1.82, 2.24) is 30.6 Å². The van der Waals surface area contributed by atoms with Gasteiger partial charge in [-0.1, -0.05) is 35.9 Å². The first-order chi connectivity index (χ1) is 25.3. The number of nitriles is 1. The van der Waals surface area contributed by atoms with E-state index in [0.29, 0.717) is 40.9 Å². The van der Waals surface area contributed by atoms with E-state index in [1.54, 1.807) is 24.3 Å². The number of ether oxygens (including phenoxy) is 1. The van der Waals surface area contributed by atoms with Crippen LogP contribution in [0.5, 0.6) is 5.75 Å². The molecule has 1 aromatic heterocycles. The molecule has 2 N–H and O–H groups in total. The molecule has 3 amide bonds. The lowest BCUT2D eigenvalue weighted by Gasteiger charge is -2.43. The second-order valence-electron chi connectivity index (χ2n) is 14.3. The fraction of sp³-hybridized carbons (Fsp3) is 0.487. The average Bonchev–Trinajstić information content (AvgIpc) is 3.17. The van der Waals surface area contributed by atoms with Crippen LogP contribution in [0.2, 0.25) is 5.02 Å². The van der Waals surface area contributed by atoms with Gasteiger partial charge < -0.3 is 15.0 Å². The Balaban J connectivity index is 0.825. The zero-order valence-corrected chi connectivity index (χ0v) is 30.1. The number of imide groups is 1. The third-order valence-corrected chi connectivity index (χ3v) is 11.3. The van der Waals surface area contributed by atoms with Crippen LogP contribution in [0.25, 0.3) is 0 Å². The molecule has 7 rings (SSSR count). The largest absolute Gasteiger partial charge is 0.490 e. The Morgan fingerprint density at radius 2 is 1.69 bits per heavy atom. The molecule has 3 aromatic rings. The first kappa shape index (κ1) is 35.8. The quantitative estimate of drug-likeness (QED) is 0.304. The molecule has 13 heteroatoms.